The van der Waals surface area contributed by atoms with Gasteiger partial charge in [-0.1, -0.05) is 0 Å². The van der Waals surface area contributed by atoms with Crippen molar-refractivity contribution in [3.8, 4) is 0 Å². The first-order valence-corrected chi connectivity index (χ1v) is 7.07. The minimum atomic E-state index is -4.58. The average molecular weight is 305 g/mol. The van der Waals surface area contributed by atoms with Gasteiger partial charge in [0.1, 0.15) is 0 Å². The van der Waals surface area contributed by atoms with E-state index in [1.807, 2.05) is 13.1 Å². The molecule has 1 aromatic heterocycles. The number of halogens is 3. The highest BCUT2D eigenvalue weighted by molar-refractivity contribution is 5.10. The minimum Gasteiger partial charge on any atom is -0.290 e. The van der Waals surface area contributed by atoms with Crippen LogP contribution in [0, 0.1) is 0 Å². The Morgan fingerprint density at radius 1 is 1.29 bits per heavy atom. The molecule has 0 aliphatic carbocycles. The van der Waals surface area contributed by atoms with E-state index in [1.54, 1.807) is 10.9 Å². The Hall–Kier alpha value is -1.08. The lowest BCUT2D eigenvalue weighted by molar-refractivity contribution is -0.347. The summed E-state index contributed by atoms with van der Waals surface area (Å²) < 4.78 is 43.4. The molecule has 1 fully saturated rings. The van der Waals surface area contributed by atoms with Gasteiger partial charge in [0.05, 0.1) is 17.8 Å². The zero-order chi connectivity index (χ0) is 15.8. The molecule has 4 nitrogen and oxygen atoms in total. The van der Waals surface area contributed by atoms with Crippen LogP contribution < -0.4 is 0 Å². The normalized spacial score (nSPS) is 25.3. The lowest BCUT2D eigenvalue weighted by Gasteiger charge is -2.46. The van der Waals surface area contributed by atoms with Crippen molar-refractivity contribution in [1.29, 1.82) is 0 Å². The minimum absolute atomic E-state index is 0.126. The summed E-state index contributed by atoms with van der Waals surface area (Å²) in [7, 11) is 1.81. The molecule has 0 radical (unpaired) electrons. The number of hydrogen-bond donors (Lipinski definition) is 0. The van der Waals surface area contributed by atoms with Crippen LogP contribution in [0.25, 0.3) is 0 Å². The summed E-state index contributed by atoms with van der Waals surface area (Å²) in [6.45, 7) is 6.78. The van der Waals surface area contributed by atoms with Crippen molar-refractivity contribution in [2.75, 3.05) is 6.54 Å². The Balaban J connectivity index is 2.22. The highest BCUT2D eigenvalue weighted by Gasteiger charge is 2.41. The van der Waals surface area contributed by atoms with Crippen molar-refractivity contribution in [2.24, 2.45) is 7.05 Å². The van der Waals surface area contributed by atoms with Gasteiger partial charge < -0.3 is 0 Å². The van der Waals surface area contributed by atoms with Crippen LogP contribution in [-0.2, 0) is 11.8 Å². The largest absolute Gasteiger partial charge is 0.522 e. The number of piperidine rings is 1. The zero-order valence-corrected chi connectivity index (χ0v) is 12.8. The maximum atomic E-state index is 12.5. The first kappa shape index (κ1) is 16.3. The second-order valence-corrected chi connectivity index (χ2v) is 6.47. The summed E-state index contributed by atoms with van der Waals surface area (Å²) in [4.78, 5) is 2.22. The molecule has 0 saturated carbocycles. The molecule has 120 valence electrons. The number of ether oxygens (including phenoxy) is 1. The Kier molecular flexibility index (Phi) is 4.35. The van der Waals surface area contributed by atoms with Gasteiger partial charge in [-0.25, -0.2) is 0 Å². The van der Waals surface area contributed by atoms with E-state index < -0.39 is 12.5 Å². The maximum Gasteiger partial charge on any atom is 0.522 e. The number of aryl methyl sites for hydroxylation is 1. The molecule has 0 unspecified atom stereocenters. The highest BCUT2D eigenvalue weighted by atomic mass is 19.4. The zero-order valence-electron chi connectivity index (χ0n) is 12.8. The second-order valence-electron chi connectivity index (χ2n) is 6.47. The molecule has 0 spiro atoms. The van der Waals surface area contributed by atoms with E-state index >= 15 is 0 Å². The number of alkyl halides is 3. The molecule has 0 bridgehead atoms. The Morgan fingerprint density at radius 3 is 2.43 bits per heavy atom. The maximum absolute atomic E-state index is 12.5. The molecule has 0 amide bonds. The Labute approximate surface area is 122 Å². The van der Waals surface area contributed by atoms with Gasteiger partial charge in [0.25, 0.3) is 0 Å². The van der Waals surface area contributed by atoms with Crippen molar-refractivity contribution < 1.29 is 17.9 Å². The van der Waals surface area contributed by atoms with Crippen molar-refractivity contribution in [3.05, 3.63) is 18.0 Å². The standard InChI is InChI=1S/C14H22F3N3O/c1-13(2,3)20-8-6-10(21-14(15,16)17)9-12(20)11-5-7-18-19(11)4/h5,7,10,12H,6,8-9H2,1-4H3/t10-,12+/m1/s1. The van der Waals surface area contributed by atoms with Gasteiger partial charge >= 0.3 is 6.36 Å². The molecule has 21 heavy (non-hydrogen) atoms. The average Bonchev–Trinajstić information content (AvgIpc) is 2.71. The molecule has 7 heteroatoms. The summed E-state index contributed by atoms with van der Waals surface area (Å²) in [5.41, 5.74) is 0.790. The van der Waals surface area contributed by atoms with Gasteiger partial charge in [0.15, 0.2) is 0 Å². The molecule has 2 heterocycles. The van der Waals surface area contributed by atoms with E-state index in [-0.39, 0.29) is 11.6 Å². The van der Waals surface area contributed by atoms with E-state index in [1.165, 1.54) is 0 Å². The van der Waals surface area contributed by atoms with Crippen molar-refractivity contribution in [2.45, 2.75) is 57.7 Å². The molecule has 0 N–H and O–H groups in total. The number of rotatable bonds is 2. The summed E-state index contributed by atoms with van der Waals surface area (Å²) in [6.07, 6.45) is -3.01. The van der Waals surface area contributed by atoms with E-state index in [4.69, 9.17) is 0 Å². The van der Waals surface area contributed by atoms with E-state index in [0.29, 0.717) is 19.4 Å². The van der Waals surface area contributed by atoms with Crippen LogP contribution in [0.15, 0.2) is 12.3 Å². The third-order valence-corrected chi connectivity index (χ3v) is 3.92. The lowest BCUT2D eigenvalue weighted by Crippen LogP contribution is -2.50. The molecule has 2 atom stereocenters. The molecule has 2 rings (SSSR count). The topological polar surface area (TPSA) is 30.3 Å². The molecule has 1 aliphatic rings. The molecule has 0 aromatic carbocycles. The van der Waals surface area contributed by atoms with Crippen molar-refractivity contribution in [3.63, 3.8) is 0 Å². The van der Waals surface area contributed by atoms with Gasteiger partial charge in [0, 0.05) is 25.3 Å². The van der Waals surface area contributed by atoms with E-state index in [9.17, 15) is 13.2 Å². The van der Waals surface area contributed by atoms with Crippen LogP contribution in [0.5, 0.6) is 0 Å². The smallest absolute Gasteiger partial charge is 0.290 e. The SMILES string of the molecule is Cn1nccc1[C@@H]1C[C@H](OC(F)(F)F)CCN1C(C)(C)C. The van der Waals surface area contributed by atoms with Crippen LogP contribution >= 0.6 is 0 Å². The monoisotopic (exact) mass is 305 g/mol. The fraction of sp³-hybridized carbons (Fsp3) is 0.786. The number of likely N-dealkylation sites (tertiary alicyclic amines) is 1. The number of hydrogen-bond acceptors (Lipinski definition) is 3. The van der Waals surface area contributed by atoms with Crippen LogP contribution in [0.4, 0.5) is 13.2 Å². The summed E-state index contributed by atoms with van der Waals surface area (Å²) in [5, 5.41) is 4.13. The third kappa shape index (κ3) is 3.97. The third-order valence-electron chi connectivity index (χ3n) is 3.92. The van der Waals surface area contributed by atoms with Gasteiger partial charge in [-0.3, -0.25) is 14.3 Å². The molecule has 1 saturated heterocycles. The molecular formula is C14H22F3N3O. The van der Waals surface area contributed by atoms with E-state index in [0.717, 1.165) is 5.69 Å². The van der Waals surface area contributed by atoms with Crippen LogP contribution in [-0.4, -0.2) is 39.2 Å². The first-order valence-electron chi connectivity index (χ1n) is 7.07. The fourth-order valence-electron chi connectivity index (χ4n) is 3.02. The molecule has 1 aliphatic heterocycles. The van der Waals surface area contributed by atoms with Gasteiger partial charge in [-0.15, -0.1) is 13.2 Å². The van der Waals surface area contributed by atoms with Crippen LogP contribution in [0.3, 0.4) is 0 Å². The summed E-state index contributed by atoms with van der Waals surface area (Å²) >= 11 is 0. The van der Waals surface area contributed by atoms with Gasteiger partial charge in [-0.05, 0) is 39.7 Å². The molecular weight excluding hydrogens is 283 g/mol. The second kappa shape index (κ2) is 5.61. The molecule has 1 aromatic rings. The van der Waals surface area contributed by atoms with Gasteiger partial charge in [-0.2, -0.15) is 5.10 Å². The Morgan fingerprint density at radius 2 is 1.95 bits per heavy atom. The van der Waals surface area contributed by atoms with Gasteiger partial charge in [0.2, 0.25) is 0 Å². The Bertz CT molecular complexity index is 479. The lowest BCUT2D eigenvalue weighted by atomic mass is 9.91. The highest BCUT2D eigenvalue weighted by Crippen LogP contribution is 2.38. The summed E-state index contributed by atoms with van der Waals surface area (Å²) in [6, 6.07) is 1.73. The summed E-state index contributed by atoms with van der Waals surface area (Å²) in [5.74, 6) is 0. The predicted octanol–water partition coefficient (Wildman–Crippen LogP) is 3.26. The van der Waals surface area contributed by atoms with E-state index in [2.05, 4.69) is 35.5 Å². The number of nitrogens with zero attached hydrogens (tertiary/aromatic N) is 3. The first-order chi connectivity index (χ1) is 9.58. The quantitative estimate of drug-likeness (QED) is 0.840. The van der Waals surface area contributed by atoms with Crippen molar-refractivity contribution >= 4 is 0 Å². The van der Waals surface area contributed by atoms with Crippen molar-refractivity contribution in [1.82, 2.24) is 14.7 Å². The number of aromatic nitrogens is 2. The predicted molar refractivity (Wildman–Crippen MR) is 72.6 cm³/mol. The van der Waals surface area contributed by atoms with Crippen LogP contribution in [0.2, 0.25) is 0 Å². The fourth-order valence-corrected chi connectivity index (χ4v) is 3.02. The van der Waals surface area contributed by atoms with Crippen LogP contribution in [0.1, 0.15) is 45.3 Å².